The number of hydrogen-bond donors (Lipinski definition) is 0. The SMILES string of the molecule is COC(C)(C)c1cc(-n2c(C)ccc2C)no1. The van der Waals surface area contributed by atoms with E-state index in [1.807, 2.05) is 33.8 Å². The molecule has 0 saturated heterocycles. The van der Waals surface area contributed by atoms with Gasteiger partial charge in [0.2, 0.25) is 0 Å². The molecule has 2 aromatic rings. The Morgan fingerprint density at radius 3 is 2.35 bits per heavy atom. The van der Waals surface area contributed by atoms with Crippen LogP contribution >= 0.6 is 0 Å². The maximum atomic E-state index is 5.37. The van der Waals surface area contributed by atoms with Gasteiger partial charge in [0.05, 0.1) is 0 Å². The smallest absolute Gasteiger partial charge is 0.180 e. The monoisotopic (exact) mass is 234 g/mol. The number of ether oxygens (including phenoxy) is 1. The first-order valence-corrected chi connectivity index (χ1v) is 5.63. The third kappa shape index (κ3) is 2.00. The average Bonchev–Trinajstić information content (AvgIpc) is 2.86. The van der Waals surface area contributed by atoms with E-state index >= 15 is 0 Å². The standard InChI is InChI=1S/C13H18N2O2/c1-9-6-7-10(2)15(9)12-8-11(17-14-12)13(3,4)16-5/h6-8H,1-5H3. The molecule has 2 rings (SSSR count). The Bertz CT molecular complexity index is 504. The molecule has 0 N–H and O–H groups in total. The zero-order chi connectivity index (χ0) is 12.6. The maximum Gasteiger partial charge on any atom is 0.180 e. The molecular formula is C13H18N2O2. The average molecular weight is 234 g/mol. The second-order valence-electron chi connectivity index (χ2n) is 4.72. The highest BCUT2D eigenvalue weighted by Crippen LogP contribution is 2.26. The summed E-state index contributed by atoms with van der Waals surface area (Å²) in [5.41, 5.74) is 1.82. The molecule has 0 aliphatic carbocycles. The molecule has 0 bridgehead atoms. The normalized spacial score (nSPS) is 12.1. The fourth-order valence-electron chi connectivity index (χ4n) is 1.79. The van der Waals surface area contributed by atoms with Crippen molar-refractivity contribution in [1.82, 2.24) is 9.72 Å². The molecule has 0 aliphatic heterocycles. The second kappa shape index (κ2) is 4.04. The van der Waals surface area contributed by atoms with Crippen molar-refractivity contribution >= 4 is 0 Å². The van der Waals surface area contributed by atoms with Gasteiger partial charge in [0.1, 0.15) is 5.60 Å². The van der Waals surface area contributed by atoms with Gasteiger partial charge in [-0.2, -0.15) is 0 Å². The highest BCUT2D eigenvalue weighted by Gasteiger charge is 2.25. The number of nitrogens with zero attached hydrogens (tertiary/aromatic N) is 2. The van der Waals surface area contributed by atoms with Crippen LogP contribution in [0.1, 0.15) is 31.0 Å². The zero-order valence-corrected chi connectivity index (χ0v) is 10.9. The highest BCUT2D eigenvalue weighted by molar-refractivity contribution is 5.32. The number of rotatable bonds is 3. The van der Waals surface area contributed by atoms with Crippen molar-refractivity contribution in [3.05, 3.63) is 35.3 Å². The van der Waals surface area contributed by atoms with Gasteiger partial charge >= 0.3 is 0 Å². The Morgan fingerprint density at radius 1 is 1.24 bits per heavy atom. The summed E-state index contributed by atoms with van der Waals surface area (Å²) in [5.74, 6) is 1.52. The van der Waals surface area contributed by atoms with Gasteiger partial charge in [0, 0.05) is 24.6 Å². The van der Waals surface area contributed by atoms with E-state index in [-0.39, 0.29) is 0 Å². The Kier molecular flexibility index (Phi) is 2.83. The minimum Gasteiger partial charge on any atom is -0.371 e. The lowest BCUT2D eigenvalue weighted by Gasteiger charge is -2.18. The van der Waals surface area contributed by atoms with Crippen LogP contribution in [0.15, 0.2) is 22.7 Å². The van der Waals surface area contributed by atoms with E-state index in [0.717, 1.165) is 23.0 Å². The minimum atomic E-state index is -0.458. The quantitative estimate of drug-likeness (QED) is 0.819. The number of methoxy groups -OCH3 is 1. The maximum absolute atomic E-state index is 5.37. The molecule has 0 aromatic carbocycles. The van der Waals surface area contributed by atoms with E-state index in [9.17, 15) is 0 Å². The van der Waals surface area contributed by atoms with E-state index in [0.29, 0.717) is 0 Å². The fraction of sp³-hybridized carbons (Fsp3) is 0.462. The van der Waals surface area contributed by atoms with Gasteiger partial charge in [-0.1, -0.05) is 5.16 Å². The van der Waals surface area contributed by atoms with Crippen molar-refractivity contribution in [2.24, 2.45) is 0 Å². The van der Waals surface area contributed by atoms with Gasteiger partial charge in [0.15, 0.2) is 11.6 Å². The summed E-state index contributed by atoms with van der Waals surface area (Å²) in [7, 11) is 1.66. The minimum absolute atomic E-state index is 0.458. The lowest BCUT2D eigenvalue weighted by molar-refractivity contribution is -0.00347. The van der Waals surface area contributed by atoms with E-state index in [4.69, 9.17) is 9.26 Å². The van der Waals surface area contributed by atoms with Crippen LogP contribution in [0.25, 0.3) is 5.82 Å². The van der Waals surface area contributed by atoms with Crippen LogP contribution in [-0.4, -0.2) is 16.8 Å². The Balaban J connectivity index is 2.44. The summed E-state index contributed by atoms with van der Waals surface area (Å²) in [6.45, 7) is 7.99. The van der Waals surface area contributed by atoms with E-state index < -0.39 is 5.60 Å². The second-order valence-corrected chi connectivity index (χ2v) is 4.72. The molecule has 92 valence electrons. The van der Waals surface area contributed by atoms with Gasteiger partial charge < -0.3 is 13.8 Å². The summed E-state index contributed by atoms with van der Waals surface area (Å²) in [4.78, 5) is 0. The van der Waals surface area contributed by atoms with E-state index in [2.05, 4.69) is 21.9 Å². The Labute approximate surface area is 101 Å². The van der Waals surface area contributed by atoms with Crippen molar-refractivity contribution < 1.29 is 9.26 Å². The lowest BCUT2D eigenvalue weighted by Crippen LogP contribution is -2.18. The van der Waals surface area contributed by atoms with Gasteiger partial charge in [-0.05, 0) is 39.8 Å². The van der Waals surface area contributed by atoms with Crippen molar-refractivity contribution in [3.8, 4) is 5.82 Å². The van der Waals surface area contributed by atoms with Crippen LogP contribution < -0.4 is 0 Å². The first kappa shape index (κ1) is 11.9. The fourth-order valence-corrected chi connectivity index (χ4v) is 1.79. The molecule has 0 fully saturated rings. The molecule has 0 radical (unpaired) electrons. The van der Waals surface area contributed by atoms with Crippen LogP contribution in [0.4, 0.5) is 0 Å². The number of aromatic nitrogens is 2. The van der Waals surface area contributed by atoms with Crippen LogP contribution in [0.5, 0.6) is 0 Å². The molecule has 0 amide bonds. The van der Waals surface area contributed by atoms with E-state index in [1.165, 1.54) is 0 Å². The summed E-state index contributed by atoms with van der Waals surface area (Å²) in [5, 5.41) is 4.10. The first-order chi connectivity index (χ1) is 7.95. The summed E-state index contributed by atoms with van der Waals surface area (Å²) >= 11 is 0. The van der Waals surface area contributed by atoms with Gasteiger partial charge in [0.25, 0.3) is 0 Å². The summed E-state index contributed by atoms with van der Waals surface area (Å²) in [6, 6.07) is 6.04. The molecule has 17 heavy (non-hydrogen) atoms. The summed E-state index contributed by atoms with van der Waals surface area (Å²) in [6.07, 6.45) is 0. The highest BCUT2D eigenvalue weighted by atomic mass is 16.5. The van der Waals surface area contributed by atoms with Crippen molar-refractivity contribution in [2.75, 3.05) is 7.11 Å². The number of aryl methyl sites for hydroxylation is 2. The first-order valence-electron chi connectivity index (χ1n) is 5.63. The van der Waals surface area contributed by atoms with Gasteiger partial charge in [-0.15, -0.1) is 0 Å². The summed E-state index contributed by atoms with van der Waals surface area (Å²) < 4.78 is 12.8. The van der Waals surface area contributed by atoms with Crippen LogP contribution in [-0.2, 0) is 10.3 Å². The Hall–Kier alpha value is -1.55. The zero-order valence-electron chi connectivity index (χ0n) is 10.9. The molecule has 2 heterocycles. The predicted molar refractivity (Wildman–Crippen MR) is 65.3 cm³/mol. The van der Waals surface area contributed by atoms with E-state index in [1.54, 1.807) is 7.11 Å². The molecule has 0 atom stereocenters. The molecule has 0 saturated carbocycles. The van der Waals surface area contributed by atoms with Crippen molar-refractivity contribution in [1.29, 1.82) is 0 Å². The van der Waals surface area contributed by atoms with Crippen LogP contribution in [0.2, 0.25) is 0 Å². The van der Waals surface area contributed by atoms with Gasteiger partial charge in [-0.25, -0.2) is 0 Å². The molecule has 0 unspecified atom stereocenters. The largest absolute Gasteiger partial charge is 0.371 e. The topological polar surface area (TPSA) is 40.2 Å². The molecule has 4 nitrogen and oxygen atoms in total. The molecule has 4 heteroatoms. The number of hydrogen-bond acceptors (Lipinski definition) is 3. The molecular weight excluding hydrogens is 216 g/mol. The Morgan fingerprint density at radius 2 is 1.82 bits per heavy atom. The third-order valence-corrected chi connectivity index (χ3v) is 3.10. The van der Waals surface area contributed by atoms with Crippen molar-refractivity contribution in [3.63, 3.8) is 0 Å². The third-order valence-electron chi connectivity index (χ3n) is 3.10. The van der Waals surface area contributed by atoms with Crippen molar-refractivity contribution in [2.45, 2.75) is 33.3 Å². The molecule has 0 aliphatic rings. The van der Waals surface area contributed by atoms with Crippen LogP contribution in [0.3, 0.4) is 0 Å². The van der Waals surface area contributed by atoms with Gasteiger partial charge in [-0.3, -0.25) is 0 Å². The predicted octanol–water partition coefficient (Wildman–Crippen LogP) is 2.96. The molecule has 2 aromatic heterocycles. The lowest BCUT2D eigenvalue weighted by atomic mass is 10.1. The van der Waals surface area contributed by atoms with Crippen LogP contribution in [0, 0.1) is 13.8 Å². The molecule has 0 spiro atoms.